The molecule has 1 atom stereocenters. The molecule has 0 unspecified atom stereocenters. The number of carbonyl (C=O) groups excluding carboxylic acids is 2. The molecular weight excluding hydrogens is 462 g/mol. The molecule has 7 heteroatoms. The van der Waals surface area contributed by atoms with E-state index < -0.39 is 28.5 Å². The highest BCUT2D eigenvalue weighted by molar-refractivity contribution is 5.95. The van der Waals surface area contributed by atoms with Crippen molar-refractivity contribution in [2.24, 2.45) is 5.41 Å². The van der Waals surface area contributed by atoms with Crippen molar-refractivity contribution in [3.8, 4) is 5.75 Å². The molecule has 0 aliphatic carbocycles. The fraction of sp³-hybridized carbons (Fsp3) is 0.310. The van der Waals surface area contributed by atoms with E-state index in [1.165, 1.54) is 11.0 Å². The molecule has 3 aromatic rings. The molecular formula is C29H30F2N2O3. The van der Waals surface area contributed by atoms with Crippen LogP contribution in [-0.4, -0.2) is 48.4 Å². The lowest BCUT2D eigenvalue weighted by atomic mass is 9.77. The second kappa shape index (κ2) is 11.3. The Labute approximate surface area is 210 Å². The zero-order chi connectivity index (χ0) is 25.5. The Hall–Kier alpha value is -3.74. The van der Waals surface area contributed by atoms with Gasteiger partial charge in [0.1, 0.15) is 22.9 Å². The van der Waals surface area contributed by atoms with Crippen molar-refractivity contribution in [2.75, 3.05) is 26.7 Å². The van der Waals surface area contributed by atoms with E-state index in [9.17, 15) is 18.4 Å². The van der Waals surface area contributed by atoms with Gasteiger partial charge in [-0.2, -0.15) is 0 Å². The van der Waals surface area contributed by atoms with Gasteiger partial charge in [-0.05, 0) is 42.7 Å². The molecule has 36 heavy (non-hydrogen) atoms. The maximum atomic E-state index is 14.4. The third-order valence-electron chi connectivity index (χ3n) is 6.63. The van der Waals surface area contributed by atoms with Gasteiger partial charge in [-0.15, -0.1) is 0 Å². The second-order valence-electron chi connectivity index (χ2n) is 9.44. The lowest BCUT2D eigenvalue weighted by Crippen LogP contribution is -2.51. The number of benzene rings is 3. The van der Waals surface area contributed by atoms with Gasteiger partial charge in [0.2, 0.25) is 5.91 Å². The Bertz CT molecular complexity index is 1170. The van der Waals surface area contributed by atoms with Crippen molar-refractivity contribution in [1.29, 1.82) is 0 Å². The van der Waals surface area contributed by atoms with Gasteiger partial charge < -0.3 is 14.5 Å². The van der Waals surface area contributed by atoms with Crippen LogP contribution in [0.5, 0.6) is 5.75 Å². The van der Waals surface area contributed by atoms with Crippen LogP contribution in [0, 0.1) is 17.0 Å². The number of hydrogen-bond donors (Lipinski definition) is 0. The molecule has 2 amide bonds. The Morgan fingerprint density at radius 3 is 2.25 bits per heavy atom. The van der Waals surface area contributed by atoms with Crippen LogP contribution in [0.25, 0.3) is 0 Å². The molecule has 1 aliphatic heterocycles. The predicted molar refractivity (Wildman–Crippen MR) is 133 cm³/mol. The topological polar surface area (TPSA) is 49.9 Å². The largest absolute Gasteiger partial charge is 0.493 e. The molecule has 1 aliphatic rings. The van der Waals surface area contributed by atoms with Gasteiger partial charge in [0.05, 0.1) is 6.61 Å². The summed E-state index contributed by atoms with van der Waals surface area (Å²) in [6.07, 6.45) is 1.39. The van der Waals surface area contributed by atoms with Crippen molar-refractivity contribution in [3.05, 3.63) is 102 Å². The van der Waals surface area contributed by atoms with Crippen molar-refractivity contribution in [3.63, 3.8) is 0 Å². The van der Waals surface area contributed by atoms with E-state index >= 15 is 0 Å². The molecule has 1 fully saturated rings. The summed E-state index contributed by atoms with van der Waals surface area (Å²) < 4.78 is 34.8. The lowest BCUT2D eigenvalue weighted by molar-refractivity contribution is -0.134. The Balaban J connectivity index is 1.55. The van der Waals surface area contributed by atoms with Crippen molar-refractivity contribution >= 4 is 11.8 Å². The van der Waals surface area contributed by atoms with E-state index in [2.05, 4.69) is 0 Å². The average Bonchev–Trinajstić information content (AvgIpc) is 2.88. The van der Waals surface area contributed by atoms with Gasteiger partial charge in [-0.25, -0.2) is 8.78 Å². The lowest BCUT2D eigenvalue weighted by Gasteiger charge is -2.43. The average molecular weight is 493 g/mol. The molecule has 4 rings (SSSR count). The number of ether oxygens (including phenoxy) is 1. The third kappa shape index (κ3) is 6.08. The number of likely N-dealkylation sites (tertiary alicyclic amines) is 1. The molecule has 0 bridgehead atoms. The summed E-state index contributed by atoms with van der Waals surface area (Å²) in [5, 5.41) is 0. The quantitative estimate of drug-likeness (QED) is 0.428. The van der Waals surface area contributed by atoms with Crippen LogP contribution in [0.2, 0.25) is 0 Å². The minimum atomic E-state index is -0.893. The fourth-order valence-corrected chi connectivity index (χ4v) is 4.71. The highest BCUT2D eigenvalue weighted by Gasteiger charge is 2.41. The smallest absolute Gasteiger partial charge is 0.259 e. The molecule has 1 heterocycles. The normalized spacial score (nSPS) is 17.5. The Morgan fingerprint density at radius 2 is 1.58 bits per heavy atom. The van der Waals surface area contributed by atoms with Crippen LogP contribution in [0.3, 0.4) is 0 Å². The van der Waals surface area contributed by atoms with Crippen LogP contribution in [0.15, 0.2) is 78.9 Å². The molecule has 188 valence electrons. The Morgan fingerprint density at radius 1 is 0.944 bits per heavy atom. The molecule has 0 saturated carbocycles. The number of amides is 2. The minimum Gasteiger partial charge on any atom is -0.493 e. The summed E-state index contributed by atoms with van der Waals surface area (Å²) in [5.41, 5.74) is -0.253. The monoisotopic (exact) mass is 492 g/mol. The van der Waals surface area contributed by atoms with Crippen LogP contribution >= 0.6 is 0 Å². The molecule has 0 spiro atoms. The van der Waals surface area contributed by atoms with Gasteiger partial charge in [-0.1, -0.05) is 54.6 Å². The van der Waals surface area contributed by atoms with E-state index in [1.807, 2.05) is 60.7 Å². The Kier molecular flexibility index (Phi) is 7.98. The highest BCUT2D eigenvalue weighted by Crippen LogP contribution is 2.36. The second-order valence-corrected chi connectivity index (χ2v) is 9.44. The standard InChI is InChI=1S/C29H30F2N2O3/c1-32(19-22-10-4-2-5-11-22)26(34)18-29(21-36-23-12-6-3-7-13-23)16-9-17-33(20-29)28(35)27-24(30)14-8-15-25(27)31/h2-8,10-15H,9,16-21H2,1H3/t29-/m0/s1. The van der Waals surface area contributed by atoms with Crippen LogP contribution in [0.1, 0.15) is 35.2 Å². The van der Waals surface area contributed by atoms with E-state index in [0.29, 0.717) is 31.7 Å². The first-order valence-electron chi connectivity index (χ1n) is 12.1. The van der Waals surface area contributed by atoms with E-state index in [4.69, 9.17) is 4.74 Å². The number of para-hydroxylation sites is 1. The van der Waals surface area contributed by atoms with Crippen LogP contribution < -0.4 is 4.74 Å². The van der Waals surface area contributed by atoms with Gasteiger partial charge in [0.15, 0.2) is 0 Å². The van der Waals surface area contributed by atoms with Gasteiger partial charge >= 0.3 is 0 Å². The fourth-order valence-electron chi connectivity index (χ4n) is 4.71. The van der Waals surface area contributed by atoms with Gasteiger partial charge in [-0.3, -0.25) is 9.59 Å². The summed E-state index contributed by atoms with van der Waals surface area (Å²) in [4.78, 5) is 29.6. The molecule has 3 aromatic carbocycles. The van der Waals surface area contributed by atoms with Crippen molar-refractivity contribution < 1.29 is 23.1 Å². The minimum absolute atomic E-state index is 0.0816. The first-order valence-corrected chi connectivity index (χ1v) is 12.1. The van der Waals surface area contributed by atoms with Crippen LogP contribution in [0.4, 0.5) is 8.78 Å². The predicted octanol–water partition coefficient (Wildman–Crippen LogP) is 5.31. The molecule has 0 radical (unpaired) electrons. The van der Waals surface area contributed by atoms with Gasteiger partial charge in [0, 0.05) is 38.5 Å². The number of hydrogen-bond acceptors (Lipinski definition) is 3. The van der Waals surface area contributed by atoms with Crippen molar-refractivity contribution in [1.82, 2.24) is 9.80 Å². The first kappa shape index (κ1) is 25.4. The summed E-state index contributed by atoms with van der Waals surface area (Å²) in [5.74, 6) is -1.92. The van der Waals surface area contributed by atoms with E-state index in [0.717, 1.165) is 17.7 Å². The summed E-state index contributed by atoms with van der Waals surface area (Å²) in [7, 11) is 1.75. The molecule has 5 nitrogen and oxygen atoms in total. The summed E-state index contributed by atoms with van der Waals surface area (Å²) in [6, 6.07) is 22.3. The number of carbonyl (C=O) groups is 2. The maximum Gasteiger partial charge on any atom is 0.259 e. The number of piperidine rings is 1. The molecule has 0 aromatic heterocycles. The number of halogens is 2. The SMILES string of the molecule is CN(Cc1ccccc1)C(=O)C[C@@]1(COc2ccccc2)CCCN(C(=O)c2c(F)cccc2F)C1. The first-order chi connectivity index (χ1) is 17.4. The highest BCUT2D eigenvalue weighted by atomic mass is 19.1. The molecule has 0 N–H and O–H groups in total. The van der Waals surface area contributed by atoms with Gasteiger partial charge in [0.25, 0.3) is 5.91 Å². The van der Waals surface area contributed by atoms with Crippen molar-refractivity contribution in [2.45, 2.75) is 25.8 Å². The number of nitrogens with zero attached hydrogens (tertiary/aromatic N) is 2. The summed E-state index contributed by atoms with van der Waals surface area (Å²) >= 11 is 0. The zero-order valence-corrected chi connectivity index (χ0v) is 20.3. The van der Waals surface area contributed by atoms with Crippen LogP contribution in [-0.2, 0) is 11.3 Å². The van der Waals surface area contributed by atoms with E-state index in [-0.39, 0.29) is 25.5 Å². The molecule has 1 saturated heterocycles. The summed E-state index contributed by atoms with van der Waals surface area (Å²) in [6.45, 7) is 1.18. The number of rotatable bonds is 8. The zero-order valence-electron chi connectivity index (χ0n) is 20.3. The maximum absolute atomic E-state index is 14.4. The third-order valence-corrected chi connectivity index (χ3v) is 6.63. The van der Waals surface area contributed by atoms with E-state index in [1.54, 1.807) is 11.9 Å².